The highest BCUT2D eigenvalue weighted by molar-refractivity contribution is 7.87. The van der Waals surface area contributed by atoms with Gasteiger partial charge in [0, 0.05) is 19.6 Å². The van der Waals surface area contributed by atoms with Gasteiger partial charge in [-0.15, -0.1) is 0 Å². The van der Waals surface area contributed by atoms with Crippen LogP contribution in [0.25, 0.3) is 0 Å². The van der Waals surface area contributed by atoms with Gasteiger partial charge < -0.3 is 9.84 Å². The number of nitrogens with one attached hydrogen (secondary N) is 1. The van der Waals surface area contributed by atoms with E-state index in [1.54, 1.807) is 0 Å². The molecule has 6 nitrogen and oxygen atoms in total. The molecule has 0 unspecified atom stereocenters. The lowest BCUT2D eigenvalue weighted by Crippen LogP contribution is -2.52. The summed E-state index contributed by atoms with van der Waals surface area (Å²) in [5.74, 6) is 0.273. The van der Waals surface area contributed by atoms with E-state index in [0.29, 0.717) is 13.1 Å². The van der Waals surface area contributed by atoms with Gasteiger partial charge in [-0.3, -0.25) is 0 Å². The van der Waals surface area contributed by atoms with Crippen LogP contribution < -0.4 is 4.72 Å². The van der Waals surface area contributed by atoms with Crippen LogP contribution >= 0.6 is 0 Å². The lowest BCUT2D eigenvalue weighted by molar-refractivity contribution is -0.0444. The van der Waals surface area contributed by atoms with Crippen molar-refractivity contribution in [2.45, 2.75) is 45.0 Å². The molecule has 1 aliphatic carbocycles. The third-order valence-corrected chi connectivity index (χ3v) is 4.88. The second-order valence-electron chi connectivity index (χ2n) is 5.33. The fraction of sp³-hybridized carbons (Fsp3) is 1.00. The first-order valence-corrected chi connectivity index (χ1v) is 7.90. The first kappa shape index (κ1) is 14.2. The molecule has 0 spiro atoms. The van der Waals surface area contributed by atoms with E-state index >= 15 is 0 Å². The standard InChI is InChI=1S/C11H22N2O4S/c1-8-6-13(7-9(2)17-8)18(15,16)12-5-11(14)10-3-4-10/h8-12,14H,3-7H2,1-2H3/t8-,9+,11-/m0/s1. The molecule has 2 aliphatic rings. The molecule has 1 aliphatic heterocycles. The molecule has 3 atom stereocenters. The lowest BCUT2D eigenvalue weighted by atomic mass is 10.2. The minimum atomic E-state index is -3.51. The molecule has 18 heavy (non-hydrogen) atoms. The van der Waals surface area contributed by atoms with Crippen molar-refractivity contribution in [1.29, 1.82) is 0 Å². The van der Waals surface area contributed by atoms with Gasteiger partial charge in [0.05, 0.1) is 18.3 Å². The summed E-state index contributed by atoms with van der Waals surface area (Å²) in [5, 5.41) is 9.68. The van der Waals surface area contributed by atoms with Crippen molar-refractivity contribution in [3.8, 4) is 0 Å². The quantitative estimate of drug-likeness (QED) is 0.724. The van der Waals surface area contributed by atoms with Crippen LogP contribution in [0.5, 0.6) is 0 Å². The van der Waals surface area contributed by atoms with Gasteiger partial charge in [-0.25, -0.2) is 0 Å². The maximum atomic E-state index is 12.1. The fourth-order valence-corrected chi connectivity index (χ4v) is 3.63. The Morgan fingerprint density at radius 1 is 1.33 bits per heavy atom. The molecule has 0 aromatic heterocycles. The summed E-state index contributed by atoms with van der Waals surface area (Å²) in [6.07, 6.45) is 1.23. The number of nitrogens with zero attached hydrogens (tertiary/aromatic N) is 1. The number of ether oxygens (including phenoxy) is 1. The van der Waals surface area contributed by atoms with Crippen LogP contribution in [0, 0.1) is 5.92 Å². The van der Waals surface area contributed by atoms with Crippen LogP contribution in [-0.2, 0) is 14.9 Å². The maximum absolute atomic E-state index is 12.1. The van der Waals surface area contributed by atoms with E-state index in [-0.39, 0.29) is 24.7 Å². The molecule has 0 amide bonds. The Kier molecular flexibility index (Phi) is 4.28. The van der Waals surface area contributed by atoms with E-state index in [1.165, 1.54) is 4.31 Å². The van der Waals surface area contributed by atoms with Gasteiger partial charge in [-0.05, 0) is 32.6 Å². The zero-order chi connectivity index (χ0) is 13.3. The van der Waals surface area contributed by atoms with Crippen molar-refractivity contribution < 1.29 is 18.3 Å². The van der Waals surface area contributed by atoms with Crippen molar-refractivity contribution in [3.63, 3.8) is 0 Å². The number of rotatable bonds is 5. The molecule has 2 fully saturated rings. The van der Waals surface area contributed by atoms with Gasteiger partial charge in [0.25, 0.3) is 10.2 Å². The van der Waals surface area contributed by atoms with Crippen molar-refractivity contribution >= 4 is 10.2 Å². The molecule has 0 bridgehead atoms. The minimum Gasteiger partial charge on any atom is -0.391 e. The van der Waals surface area contributed by atoms with Gasteiger partial charge >= 0.3 is 0 Å². The van der Waals surface area contributed by atoms with E-state index in [2.05, 4.69) is 4.72 Å². The Labute approximate surface area is 108 Å². The van der Waals surface area contributed by atoms with Crippen LogP contribution in [-0.4, -0.2) is 55.8 Å². The second kappa shape index (κ2) is 5.42. The summed E-state index contributed by atoms with van der Waals surface area (Å²) in [5.41, 5.74) is 0. The predicted octanol–water partition coefficient (Wildman–Crippen LogP) is -0.299. The normalized spacial score (nSPS) is 32.4. The Balaban J connectivity index is 1.88. The summed E-state index contributed by atoms with van der Waals surface area (Å²) < 4.78 is 33.5. The smallest absolute Gasteiger partial charge is 0.279 e. The van der Waals surface area contributed by atoms with E-state index in [4.69, 9.17) is 4.74 Å². The number of hydrogen-bond acceptors (Lipinski definition) is 4. The summed E-state index contributed by atoms with van der Waals surface area (Å²) in [4.78, 5) is 0. The Bertz CT molecular complexity index is 373. The molecular formula is C11H22N2O4S. The predicted molar refractivity (Wildman–Crippen MR) is 67.2 cm³/mol. The largest absolute Gasteiger partial charge is 0.391 e. The number of aliphatic hydroxyl groups excluding tert-OH is 1. The van der Waals surface area contributed by atoms with Gasteiger partial charge in [0.1, 0.15) is 0 Å². The van der Waals surface area contributed by atoms with Crippen molar-refractivity contribution in [2.75, 3.05) is 19.6 Å². The monoisotopic (exact) mass is 278 g/mol. The van der Waals surface area contributed by atoms with Crippen molar-refractivity contribution in [3.05, 3.63) is 0 Å². The Morgan fingerprint density at radius 2 is 1.89 bits per heavy atom. The third-order valence-electron chi connectivity index (χ3n) is 3.37. The minimum absolute atomic E-state index is 0.0984. The molecule has 0 radical (unpaired) electrons. The first-order chi connectivity index (χ1) is 8.38. The highest BCUT2D eigenvalue weighted by Crippen LogP contribution is 2.32. The van der Waals surface area contributed by atoms with Crippen LogP contribution in [0.15, 0.2) is 0 Å². The molecule has 1 saturated heterocycles. The fourth-order valence-electron chi connectivity index (χ4n) is 2.26. The van der Waals surface area contributed by atoms with Crippen LogP contribution in [0.2, 0.25) is 0 Å². The molecule has 7 heteroatoms. The van der Waals surface area contributed by atoms with Crippen molar-refractivity contribution in [1.82, 2.24) is 9.03 Å². The SMILES string of the molecule is C[C@@H]1CN(S(=O)(=O)NC[C@H](O)C2CC2)C[C@H](C)O1. The van der Waals surface area contributed by atoms with E-state index in [0.717, 1.165) is 12.8 Å². The highest BCUT2D eigenvalue weighted by Gasteiger charge is 2.34. The average Bonchev–Trinajstić information content (AvgIpc) is 3.08. The van der Waals surface area contributed by atoms with Gasteiger partial charge in [-0.2, -0.15) is 17.4 Å². The van der Waals surface area contributed by atoms with Crippen LogP contribution in [0.3, 0.4) is 0 Å². The molecule has 0 aromatic rings. The zero-order valence-electron chi connectivity index (χ0n) is 10.9. The Hall–Kier alpha value is -0.210. The van der Waals surface area contributed by atoms with Gasteiger partial charge in [0.2, 0.25) is 0 Å². The summed E-state index contributed by atoms with van der Waals surface area (Å²) in [6, 6.07) is 0. The summed E-state index contributed by atoms with van der Waals surface area (Å²) >= 11 is 0. The van der Waals surface area contributed by atoms with Gasteiger partial charge in [0.15, 0.2) is 0 Å². The molecule has 1 heterocycles. The lowest BCUT2D eigenvalue weighted by Gasteiger charge is -2.34. The highest BCUT2D eigenvalue weighted by atomic mass is 32.2. The number of morpholine rings is 1. The topological polar surface area (TPSA) is 78.9 Å². The first-order valence-electron chi connectivity index (χ1n) is 6.46. The van der Waals surface area contributed by atoms with Gasteiger partial charge in [-0.1, -0.05) is 0 Å². The third kappa shape index (κ3) is 3.64. The number of hydrogen-bond donors (Lipinski definition) is 2. The summed E-state index contributed by atoms with van der Waals surface area (Å²) in [7, 11) is -3.51. The molecule has 2 N–H and O–H groups in total. The maximum Gasteiger partial charge on any atom is 0.279 e. The van der Waals surface area contributed by atoms with Crippen LogP contribution in [0.4, 0.5) is 0 Å². The van der Waals surface area contributed by atoms with Crippen LogP contribution in [0.1, 0.15) is 26.7 Å². The summed E-state index contributed by atoms with van der Waals surface area (Å²) in [6.45, 7) is 4.54. The van der Waals surface area contributed by atoms with Crippen molar-refractivity contribution in [2.24, 2.45) is 5.92 Å². The Morgan fingerprint density at radius 3 is 2.39 bits per heavy atom. The van der Waals surface area contributed by atoms with E-state index in [9.17, 15) is 13.5 Å². The molecule has 2 rings (SSSR count). The van der Waals surface area contributed by atoms with E-state index < -0.39 is 16.3 Å². The number of aliphatic hydroxyl groups is 1. The second-order valence-corrected chi connectivity index (χ2v) is 7.09. The average molecular weight is 278 g/mol. The molecule has 0 aromatic carbocycles. The molecule has 1 saturated carbocycles. The van der Waals surface area contributed by atoms with E-state index in [1.807, 2.05) is 13.8 Å². The zero-order valence-corrected chi connectivity index (χ0v) is 11.7. The molecule has 106 valence electrons. The molecular weight excluding hydrogens is 256 g/mol.